The predicted octanol–water partition coefficient (Wildman–Crippen LogP) is 3.15. The maximum absolute atomic E-state index is 13.0. The fourth-order valence-electron chi connectivity index (χ4n) is 2.73. The molecule has 0 radical (unpaired) electrons. The molecule has 0 unspecified atom stereocenters. The Morgan fingerprint density at radius 1 is 1.35 bits per heavy atom. The average Bonchev–Trinajstić information content (AvgIpc) is 2.46. The van der Waals surface area contributed by atoms with Crippen molar-refractivity contribution in [1.29, 1.82) is 0 Å². The van der Waals surface area contributed by atoms with E-state index in [-0.39, 0.29) is 28.5 Å². The Morgan fingerprint density at radius 3 is 2.65 bits per heavy atom. The Kier molecular flexibility index (Phi) is 5.00. The highest BCUT2D eigenvalue weighted by Crippen LogP contribution is 2.35. The number of amides is 1. The molecule has 1 aliphatic carbocycles. The molecule has 2 rings (SSSR count). The standard InChI is InChI=1S/C15H19ClFNO2/c16-13-8-11(17)4-5-12(13)14(20)18-9-15(10-19)6-2-1-3-7-15/h4-5,8,19H,1-3,6-7,9-10H2,(H,18,20). The topological polar surface area (TPSA) is 49.3 Å². The van der Waals surface area contributed by atoms with Crippen LogP contribution in [0.3, 0.4) is 0 Å². The van der Waals surface area contributed by atoms with Gasteiger partial charge in [0.25, 0.3) is 5.91 Å². The van der Waals surface area contributed by atoms with E-state index in [4.69, 9.17) is 11.6 Å². The van der Waals surface area contributed by atoms with E-state index in [0.29, 0.717) is 6.54 Å². The summed E-state index contributed by atoms with van der Waals surface area (Å²) < 4.78 is 13.0. The van der Waals surface area contributed by atoms with Crippen molar-refractivity contribution in [2.45, 2.75) is 32.1 Å². The maximum atomic E-state index is 13.0. The van der Waals surface area contributed by atoms with E-state index in [1.807, 2.05) is 0 Å². The van der Waals surface area contributed by atoms with Gasteiger partial charge in [0.2, 0.25) is 0 Å². The van der Waals surface area contributed by atoms with E-state index < -0.39 is 5.82 Å². The third kappa shape index (κ3) is 3.49. The molecule has 0 atom stereocenters. The van der Waals surface area contributed by atoms with Gasteiger partial charge in [-0.3, -0.25) is 4.79 Å². The molecule has 1 fully saturated rings. The first kappa shape index (κ1) is 15.3. The van der Waals surface area contributed by atoms with Gasteiger partial charge in [-0.25, -0.2) is 4.39 Å². The third-order valence-corrected chi connectivity index (χ3v) is 4.36. The summed E-state index contributed by atoms with van der Waals surface area (Å²) in [7, 11) is 0. The summed E-state index contributed by atoms with van der Waals surface area (Å²) in [5.74, 6) is -0.793. The minimum absolute atomic E-state index is 0.0738. The van der Waals surface area contributed by atoms with Crippen molar-refractivity contribution in [3.63, 3.8) is 0 Å². The van der Waals surface area contributed by atoms with E-state index in [1.54, 1.807) is 0 Å². The molecule has 0 saturated heterocycles. The molecule has 0 aliphatic heterocycles. The van der Waals surface area contributed by atoms with Crippen LogP contribution < -0.4 is 5.32 Å². The van der Waals surface area contributed by atoms with Crippen LogP contribution in [0.15, 0.2) is 18.2 Å². The molecule has 0 spiro atoms. The van der Waals surface area contributed by atoms with Crippen LogP contribution in [0.2, 0.25) is 5.02 Å². The number of aliphatic hydroxyl groups is 1. The highest BCUT2D eigenvalue weighted by Gasteiger charge is 2.31. The molecule has 0 heterocycles. The van der Waals surface area contributed by atoms with Gasteiger partial charge < -0.3 is 10.4 Å². The van der Waals surface area contributed by atoms with Crippen LogP contribution in [0.4, 0.5) is 4.39 Å². The zero-order valence-corrected chi connectivity index (χ0v) is 12.0. The fraction of sp³-hybridized carbons (Fsp3) is 0.533. The first-order valence-electron chi connectivity index (χ1n) is 6.90. The number of rotatable bonds is 4. The maximum Gasteiger partial charge on any atom is 0.252 e. The zero-order chi connectivity index (χ0) is 14.6. The van der Waals surface area contributed by atoms with Crippen molar-refractivity contribution in [2.24, 2.45) is 5.41 Å². The molecule has 3 nitrogen and oxygen atoms in total. The van der Waals surface area contributed by atoms with Crippen molar-refractivity contribution in [2.75, 3.05) is 13.2 Å². The third-order valence-electron chi connectivity index (χ3n) is 4.05. The van der Waals surface area contributed by atoms with Crippen molar-refractivity contribution in [3.8, 4) is 0 Å². The summed E-state index contributed by atoms with van der Waals surface area (Å²) in [6.07, 6.45) is 5.17. The molecule has 1 aromatic carbocycles. The molecule has 20 heavy (non-hydrogen) atoms. The molecule has 1 amide bonds. The van der Waals surface area contributed by atoms with Crippen LogP contribution >= 0.6 is 11.6 Å². The number of hydrogen-bond donors (Lipinski definition) is 2. The molecule has 0 aromatic heterocycles. The van der Waals surface area contributed by atoms with E-state index >= 15 is 0 Å². The molecule has 1 aromatic rings. The van der Waals surface area contributed by atoms with Crippen LogP contribution in [0.1, 0.15) is 42.5 Å². The van der Waals surface area contributed by atoms with Gasteiger partial charge >= 0.3 is 0 Å². The van der Waals surface area contributed by atoms with Crippen molar-refractivity contribution in [3.05, 3.63) is 34.6 Å². The molecule has 5 heteroatoms. The second kappa shape index (κ2) is 6.55. The number of aliphatic hydroxyl groups excluding tert-OH is 1. The normalized spacial score (nSPS) is 17.8. The number of hydrogen-bond acceptors (Lipinski definition) is 2. The number of halogens is 2. The van der Waals surface area contributed by atoms with Crippen LogP contribution in [0.5, 0.6) is 0 Å². The Labute approximate surface area is 123 Å². The highest BCUT2D eigenvalue weighted by molar-refractivity contribution is 6.33. The summed E-state index contributed by atoms with van der Waals surface area (Å²) in [6.45, 7) is 0.500. The summed E-state index contributed by atoms with van der Waals surface area (Å²) >= 11 is 5.86. The van der Waals surface area contributed by atoms with E-state index in [2.05, 4.69) is 5.32 Å². The lowest BCUT2D eigenvalue weighted by Gasteiger charge is -2.35. The highest BCUT2D eigenvalue weighted by atomic mass is 35.5. The molecule has 110 valence electrons. The van der Waals surface area contributed by atoms with Gasteiger partial charge in [-0.15, -0.1) is 0 Å². The summed E-state index contributed by atoms with van der Waals surface area (Å²) in [6, 6.07) is 3.71. The van der Waals surface area contributed by atoms with Gasteiger partial charge in [0, 0.05) is 12.0 Å². The first-order chi connectivity index (χ1) is 9.56. The minimum Gasteiger partial charge on any atom is -0.396 e. The van der Waals surface area contributed by atoms with Gasteiger partial charge in [0.05, 0.1) is 17.2 Å². The SMILES string of the molecule is O=C(NCC1(CO)CCCCC1)c1ccc(F)cc1Cl. The minimum atomic E-state index is -0.467. The van der Waals surface area contributed by atoms with Crippen LogP contribution in [0, 0.1) is 11.2 Å². The van der Waals surface area contributed by atoms with Crippen molar-refractivity contribution >= 4 is 17.5 Å². The monoisotopic (exact) mass is 299 g/mol. The Morgan fingerprint density at radius 2 is 2.05 bits per heavy atom. The van der Waals surface area contributed by atoms with Gasteiger partial charge in [-0.05, 0) is 31.0 Å². The van der Waals surface area contributed by atoms with Crippen LogP contribution in [0.25, 0.3) is 0 Å². The number of nitrogens with one attached hydrogen (secondary N) is 1. The lowest BCUT2D eigenvalue weighted by molar-refractivity contribution is 0.0718. The Balaban J connectivity index is 2.00. The van der Waals surface area contributed by atoms with E-state index in [1.165, 1.54) is 18.6 Å². The molecular formula is C15H19ClFNO2. The lowest BCUT2D eigenvalue weighted by atomic mass is 9.74. The quantitative estimate of drug-likeness (QED) is 0.897. The molecule has 2 N–H and O–H groups in total. The molecule has 0 bridgehead atoms. The average molecular weight is 300 g/mol. The Hall–Kier alpha value is -1.13. The van der Waals surface area contributed by atoms with E-state index in [0.717, 1.165) is 31.7 Å². The predicted molar refractivity (Wildman–Crippen MR) is 76.3 cm³/mol. The molecule has 1 aliphatic rings. The van der Waals surface area contributed by atoms with Gasteiger partial charge in [-0.1, -0.05) is 30.9 Å². The first-order valence-corrected chi connectivity index (χ1v) is 7.28. The second-order valence-corrected chi connectivity index (χ2v) is 5.93. The lowest BCUT2D eigenvalue weighted by Crippen LogP contribution is -2.41. The van der Waals surface area contributed by atoms with Crippen molar-refractivity contribution in [1.82, 2.24) is 5.32 Å². The van der Waals surface area contributed by atoms with Gasteiger partial charge in [0.1, 0.15) is 5.82 Å². The summed E-state index contributed by atoms with van der Waals surface area (Å²) in [4.78, 5) is 12.1. The summed E-state index contributed by atoms with van der Waals surface area (Å²) in [5.41, 5.74) is 0.0393. The molecular weight excluding hydrogens is 281 g/mol. The number of carbonyl (C=O) groups excluding carboxylic acids is 1. The van der Waals surface area contributed by atoms with Gasteiger partial charge in [-0.2, -0.15) is 0 Å². The smallest absolute Gasteiger partial charge is 0.252 e. The largest absolute Gasteiger partial charge is 0.396 e. The van der Waals surface area contributed by atoms with E-state index in [9.17, 15) is 14.3 Å². The Bertz CT molecular complexity index is 487. The van der Waals surface area contributed by atoms with Crippen LogP contribution in [-0.2, 0) is 0 Å². The van der Waals surface area contributed by atoms with Gasteiger partial charge in [0.15, 0.2) is 0 Å². The number of benzene rings is 1. The van der Waals surface area contributed by atoms with Crippen molar-refractivity contribution < 1.29 is 14.3 Å². The number of carbonyl (C=O) groups is 1. The second-order valence-electron chi connectivity index (χ2n) is 5.53. The molecule has 1 saturated carbocycles. The fourth-order valence-corrected chi connectivity index (χ4v) is 2.98. The zero-order valence-electron chi connectivity index (χ0n) is 11.3. The van der Waals surface area contributed by atoms with Crippen LogP contribution in [-0.4, -0.2) is 24.2 Å². The summed E-state index contributed by atoms with van der Waals surface area (Å²) in [5, 5.41) is 12.5.